The van der Waals surface area contributed by atoms with Gasteiger partial charge in [-0.15, -0.1) is 0 Å². The number of rotatable bonds is 2. The fraction of sp³-hybridized carbons (Fsp3) is 1.00. The van der Waals surface area contributed by atoms with Gasteiger partial charge >= 0.3 is 0 Å². The minimum absolute atomic E-state index is 0.161. The summed E-state index contributed by atoms with van der Waals surface area (Å²) < 4.78 is 0. The Kier molecular flexibility index (Phi) is 2.86. The van der Waals surface area contributed by atoms with Crippen molar-refractivity contribution in [3.05, 3.63) is 0 Å². The maximum absolute atomic E-state index is 10.1. The van der Waals surface area contributed by atoms with Crippen LogP contribution in [0.3, 0.4) is 0 Å². The maximum Gasteiger partial charge on any atom is 0.102 e. The zero-order valence-electron chi connectivity index (χ0n) is 7.52. The molecule has 0 atom stereocenters. The SMILES string of the molecule is CC(C)(C)CC(C)(C)O[O]. The van der Waals surface area contributed by atoms with Gasteiger partial charge in [0.2, 0.25) is 0 Å². The fourth-order valence-electron chi connectivity index (χ4n) is 1.31. The van der Waals surface area contributed by atoms with E-state index < -0.39 is 5.60 Å². The zero-order valence-corrected chi connectivity index (χ0v) is 7.52. The minimum atomic E-state index is -0.530. The first-order valence-electron chi connectivity index (χ1n) is 3.58. The Balaban J connectivity index is 3.89. The van der Waals surface area contributed by atoms with Crippen LogP contribution in [-0.2, 0) is 10.1 Å². The summed E-state index contributed by atoms with van der Waals surface area (Å²) in [5.74, 6) is 0. The van der Waals surface area contributed by atoms with Crippen LogP contribution in [0.2, 0.25) is 0 Å². The van der Waals surface area contributed by atoms with Crippen LogP contribution in [-0.4, -0.2) is 5.60 Å². The molecule has 61 valence electrons. The molecule has 0 N–H and O–H groups in total. The molecule has 0 bridgehead atoms. The Labute approximate surface area is 63.1 Å². The van der Waals surface area contributed by atoms with Crippen LogP contribution in [0.5, 0.6) is 0 Å². The van der Waals surface area contributed by atoms with Crippen LogP contribution in [0.4, 0.5) is 0 Å². The van der Waals surface area contributed by atoms with Crippen molar-refractivity contribution in [3.63, 3.8) is 0 Å². The van der Waals surface area contributed by atoms with E-state index >= 15 is 0 Å². The summed E-state index contributed by atoms with van der Waals surface area (Å²) in [6, 6.07) is 0. The summed E-state index contributed by atoms with van der Waals surface area (Å²) in [5, 5.41) is 10.1. The lowest BCUT2D eigenvalue weighted by molar-refractivity contribution is -0.369. The molecule has 2 heteroatoms. The van der Waals surface area contributed by atoms with Crippen molar-refractivity contribution in [1.29, 1.82) is 0 Å². The van der Waals surface area contributed by atoms with Gasteiger partial charge in [0.05, 0.1) is 0 Å². The van der Waals surface area contributed by atoms with Crippen molar-refractivity contribution in [2.24, 2.45) is 5.41 Å². The second-order valence-electron chi connectivity index (χ2n) is 4.58. The molecule has 0 saturated heterocycles. The zero-order chi connectivity index (χ0) is 8.41. The lowest BCUT2D eigenvalue weighted by Gasteiger charge is -2.28. The third-order valence-electron chi connectivity index (χ3n) is 1.18. The van der Waals surface area contributed by atoms with E-state index in [2.05, 4.69) is 25.7 Å². The van der Waals surface area contributed by atoms with E-state index in [-0.39, 0.29) is 5.41 Å². The average molecular weight is 145 g/mol. The van der Waals surface area contributed by atoms with Crippen molar-refractivity contribution in [2.75, 3.05) is 0 Å². The van der Waals surface area contributed by atoms with Gasteiger partial charge in [-0.1, -0.05) is 20.8 Å². The quantitative estimate of drug-likeness (QED) is 0.433. The lowest BCUT2D eigenvalue weighted by Crippen LogP contribution is -2.28. The molecule has 0 aromatic heterocycles. The van der Waals surface area contributed by atoms with Gasteiger partial charge in [0.25, 0.3) is 0 Å². The van der Waals surface area contributed by atoms with Gasteiger partial charge in [-0.05, 0) is 30.9 Å². The van der Waals surface area contributed by atoms with Crippen LogP contribution in [0.1, 0.15) is 41.0 Å². The fourth-order valence-corrected chi connectivity index (χ4v) is 1.31. The summed E-state index contributed by atoms with van der Waals surface area (Å²) in [6.07, 6.45) is 0.781. The van der Waals surface area contributed by atoms with E-state index in [0.717, 1.165) is 6.42 Å². The van der Waals surface area contributed by atoms with Crippen LogP contribution in [0, 0.1) is 5.41 Å². The monoisotopic (exact) mass is 145 g/mol. The van der Waals surface area contributed by atoms with Crippen molar-refractivity contribution in [2.45, 2.75) is 46.6 Å². The molecular weight excluding hydrogens is 128 g/mol. The third-order valence-corrected chi connectivity index (χ3v) is 1.18. The van der Waals surface area contributed by atoms with Crippen molar-refractivity contribution in [1.82, 2.24) is 0 Å². The van der Waals surface area contributed by atoms with Gasteiger partial charge in [0.1, 0.15) is 5.60 Å². The lowest BCUT2D eigenvalue weighted by atomic mass is 9.84. The Morgan fingerprint density at radius 3 is 1.60 bits per heavy atom. The molecule has 2 nitrogen and oxygen atoms in total. The van der Waals surface area contributed by atoms with Crippen molar-refractivity contribution in [3.8, 4) is 0 Å². The maximum atomic E-state index is 10.1. The van der Waals surface area contributed by atoms with Crippen molar-refractivity contribution >= 4 is 0 Å². The summed E-state index contributed by atoms with van der Waals surface area (Å²) in [4.78, 5) is 4.06. The highest BCUT2D eigenvalue weighted by molar-refractivity contribution is 4.75. The first kappa shape index (κ1) is 9.92. The Morgan fingerprint density at radius 2 is 1.50 bits per heavy atom. The Morgan fingerprint density at radius 1 is 1.10 bits per heavy atom. The van der Waals surface area contributed by atoms with Crippen LogP contribution in [0.15, 0.2) is 0 Å². The number of hydrogen-bond acceptors (Lipinski definition) is 1. The summed E-state index contributed by atoms with van der Waals surface area (Å²) >= 11 is 0. The largest absolute Gasteiger partial charge is 0.198 e. The average Bonchev–Trinajstić information content (AvgIpc) is 1.60. The molecule has 0 unspecified atom stereocenters. The summed E-state index contributed by atoms with van der Waals surface area (Å²) in [6.45, 7) is 9.89. The first-order chi connectivity index (χ1) is 4.27. The molecule has 0 rings (SSSR count). The van der Waals surface area contributed by atoms with E-state index in [1.165, 1.54) is 0 Å². The van der Waals surface area contributed by atoms with Gasteiger partial charge in [-0.25, -0.2) is 0 Å². The van der Waals surface area contributed by atoms with Crippen molar-refractivity contribution < 1.29 is 10.1 Å². The van der Waals surface area contributed by atoms with Gasteiger partial charge in [0.15, 0.2) is 0 Å². The molecule has 10 heavy (non-hydrogen) atoms. The normalized spacial score (nSPS) is 13.8. The summed E-state index contributed by atoms with van der Waals surface area (Å²) in [5.41, 5.74) is -0.369. The topological polar surface area (TPSA) is 29.1 Å². The molecule has 0 amide bonds. The van der Waals surface area contributed by atoms with E-state index in [4.69, 9.17) is 0 Å². The highest BCUT2D eigenvalue weighted by atomic mass is 17.1. The van der Waals surface area contributed by atoms with Gasteiger partial charge < -0.3 is 0 Å². The number of hydrogen-bond donors (Lipinski definition) is 0. The molecule has 0 heterocycles. The molecular formula is C8H17O2. The molecule has 0 spiro atoms. The van der Waals surface area contributed by atoms with E-state index in [9.17, 15) is 5.26 Å². The Hall–Kier alpha value is -0.0800. The molecule has 0 aromatic rings. The van der Waals surface area contributed by atoms with Crippen LogP contribution < -0.4 is 0 Å². The minimum Gasteiger partial charge on any atom is -0.198 e. The highest BCUT2D eigenvalue weighted by Gasteiger charge is 2.26. The molecule has 1 radical (unpaired) electrons. The van der Waals surface area contributed by atoms with E-state index in [1.807, 2.05) is 13.8 Å². The third kappa shape index (κ3) is 4.77. The van der Waals surface area contributed by atoms with E-state index in [0.29, 0.717) is 0 Å². The second kappa shape index (κ2) is 2.89. The summed E-state index contributed by atoms with van der Waals surface area (Å²) in [7, 11) is 0. The molecule has 0 aromatic carbocycles. The van der Waals surface area contributed by atoms with E-state index in [1.54, 1.807) is 0 Å². The molecule has 0 aliphatic carbocycles. The van der Waals surface area contributed by atoms with Crippen LogP contribution >= 0.6 is 0 Å². The molecule has 0 aliphatic rings. The first-order valence-corrected chi connectivity index (χ1v) is 3.58. The molecule has 0 saturated carbocycles. The van der Waals surface area contributed by atoms with Gasteiger partial charge in [-0.2, -0.15) is 4.89 Å². The molecule has 0 fully saturated rings. The second-order valence-corrected chi connectivity index (χ2v) is 4.58. The van der Waals surface area contributed by atoms with Gasteiger partial charge in [-0.3, -0.25) is 0 Å². The standard InChI is InChI=1S/C8H17O2/c1-7(2,3)6-8(4,5)10-9/h6H2,1-5H3. The smallest absolute Gasteiger partial charge is 0.102 e. The van der Waals surface area contributed by atoms with Gasteiger partial charge in [0, 0.05) is 0 Å². The predicted octanol–water partition coefficient (Wildman–Crippen LogP) is 2.56. The Bertz CT molecular complexity index is 100. The molecule has 0 aliphatic heterocycles. The predicted molar refractivity (Wildman–Crippen MR) is 39.9 cm³/mol. The highest BCUT2D eigenvalue weighted by Crippen LogP contribution is 2.28. The van der Waals surface area contributed by atoms with Crippen LogP contribution in [0.25, 0.3) is 0 Å².